The van der Waals surface area contributed by atoms with Crippen molar-refractivity contribution >= 4 is 23.6 Å². The molecular formula is C14H17ClN2O3. The molecule has 1 fully saturated rings. The highest BCUT2D eigenvalue weighted by molar-refractivity contribution is 6.30. The van der Waals surface area contributed by atoms with Crippen molar-refractivity contribution in [3.8, 4) is 0 Å². The van der Waals surface area contributed by atoms with Crippen molar-refractivity contribution in [2.45, 2.75) is 25.4 Å². The second-order valence-corrected chi connectivity index (χ2v) is 5.45. The summed E-state index contributed by atoms with van der Waals surface area (Å²) in [6.07, 6.45) is 1.77. The van der Waals surface area contributed by atoms with Gasteiger partial charge in [-0.05, 0) is 30.5 Å². The quantitative estimate of drug-likeness (QED) is 0.908. The molecule has 1 aliphatic carbocycles. The van der Waals surface area contributed by atoms with E-state index < -0.39 is 5.97 Å². The molecule has 0 bridgehead atoms. The second-order valence-electron chi connectivity index (χ2n) is 5.02. The van der Waals surface area contributed by atoms with Crippen LogP contribution >= 0.6 is 11.6 Å². The van der Waals surface area contributed by atoms with Crippen LogP contribution < -0.4 is 0 Å². The summed E-state index contributed by atoms with van der Waals surface area (Å²) in [4.78, 5) is 26.1. The first kappa shape index (κ1) is 14.7. The zero-order valence-corrected chi connectivity index (χ0v) is 12.0. The Kier molecular flexibility index (Phi) is 4.49. The fourth-order valence-electron chi connectivity index (χ4n) is 2.04. The van der Waals surface area contributed by atoms with Crippen LogP contribution in [0.4, 0.5) is 4.79 Å². The topological polar surface area (TPSA) is 60.9 Å². The van der Waals surface area contributed by atoms with E-state index in [1.807, 2.05) is 12.1 Å². The highest BCUT2D eigenvalue weighted by atomic mass is 35.5. The predicted molar refractivity (Wildman–Crippen MR) is 75.7 cm³/mol. The number of carboxylic acid groups (broad SMARTS) is 1. The van der Waals surface area contributed by atoms with E-state index in [1.165, 1.54) is 9.80 Å². The van der Waals surface area contributed by atoms with Crippen LogP contribution in [0.1, 0.15) is 18.4 Å². The van der Waals surface area contributed by atoms with Crippen LogP contribution in [0.3, 0.4) is 0 Å². The van der Waals surface area contributed by atoms with Gasteiger partial charge in [0.2, 0.25) is 0 Å². The molecular weight excluding hydrogens is 280 g/mol. The molecule has 1 aromatic rings. The number of amides is 2. The van der Waals surface area contributed by atoms with Crippen LogP contribution in [0.25, 0.3) is 0 Å². The lowest BCUT2D eigenvalue weighted by Gasteiger charge is -2.27. The van der Waals surface area contributed by atoms with Crippen LogP contribution in [0.2, 0.25) is 5.02 Å². The number of urea groups is 1. The van der Waals surface area contributed by atoms with Crippen molar-refractivity contribution in [1.82, 2.24) is 9.80 Å². The Labute approximate surface area is 122 Å². The van der Waals surface area contributed by atoms with Gasteiger partial charge in [0.1, 0.15) is 6.54 Å². The molecule has 0 radical (unpaired) electrons. The summed E-state index contributed by atoms with van der Waals surface area (Å²) in [7, 11) is 1.67. The summed E-state index contributed by atoms with van der Waals surface area (Å²) in [5.41, 5.74) is 0.955. The fourth-order valence-corrected chi connectivity index (χ4v) is 2.16. The standard InChI is InChI=1S/C14H17ClN2O3/c1-16(8-10-2-4-11(15)5-3-10)14(20)17(9-13(18)19)12-6-7-12/h2-5,12H,6-9H2,1H3,(H,18,19). The highest BCUT2D eigenvalue weighted by Gasteiger charge is 2.35. The predicted octanol–water partition coefficient (Wildman–Crippen LogP) is 2.44. The van der Waals surface area contributed by atoms with Gasteiger partial charge in [-0.2, -0.15) is 0 Å². The van der Waals surface area contributed by atoms with Crippen molar-refractivity contribution in [3.63, 3.8) is 0 Å². The molecule has 2 amide bonds. The number of nitrogens with zero attached hydrogens (tertiary/aromatic N) is 2. The third-order valence-corrected chi connectivity index (χ3v) is 3.45. The van der Waals surface area contributed by atoms with E-state index >= 15 is 0 Å². The van der Waals surface area contributed by atoms with Gasteiger partial charge < -0.3 is 14.9 Å². The molecule has 20 heavy (non-hydrogen) atoms. The van der Waals surface area contributed by atoms with Crippen molar-refractivity contribution in [3.05, 3.63) is 34.9 Å². The monoisotopic (exact) mass is 296 g/mol. The number of halogens is 1. The van der Waals surface area contributed by atoms with Gasteiger partial charge in [0, 0.05) is 24.7 Å². The summed E-state index contributed by atoms with van der Waals surface area (Å²) in [5.74, 6) is -0.981. The Morgan fingerprint density at radius 3 is 2.40 bits per heavy atom. The zero-order chi connectivity index (χ0) is 14.7. The number of rotatable bonds is 5. The smallest absolute Gasteiger partial charge is 0.323 e. The summed E-state index contributed by atoms with van der Waals surface area (Å²) in [6, 6.07) is 7.07. The molecule has 1 N–H and O–H groups in total. The average Bonchev–Trinajstić information content (AvgIpc) is 3.22. The van der Waals surface area contributed by atoms with Gasteiger partial charge in [-0.15, -0.1) is 0 Å². The van der Waals surface area contributed by atoms with Gasteiger partial charge in [-0.3, -0.25) is 4.79 Å². The number of benzene rings is 1. The maximum absolute atomic E-state index is 12.3. The third-order valence-electron chi connectivity index (χ3n) is 3.20. The Hall–Kier alpha value is -1.75. The van der Waals surface area contributed by atoms with E-state index in [-0.39, 0.29) is 18.6 Å². The van der Waals surface area contributed by atoms with Gasteiger partial charge in [0.05, 0.1) is 0 Å². The molecule has 0 heterocycles. The number of aliphatic carboxylic acids is 1. The molecule has 0 saturated heterocycles. The van der Waals surface area contributed by atoms with Gasteiger partial charge in [-0.1, -0.05) is 23.7 Å². The van der Waals surface area contributed by atoms with Crippen LogP contribution in [0.15, 0.2) is 24.3 Å². The molecule has 0 aliphatic heterocycles. The lowest BCUT2D eigenvalue weighted by molar-refractivity contribution is -0.137. The number of carbonyl (C=O) groups is 2. The molecule has 6 heteroatoms. The largest absolute Gasteiger partial charge is 0.480 e. The Balaban J connectivity index is 1.99. The van der Waals surface area contributed by atoms with Crippen LogP contribution in [-0.2, 0) is 11.3 Å². The third kappa shape index (κ3) is 3.87. The molecule has 0 spiro atoms. The van der Waals surface area contributed by atoms with E-state index in [9.17, 15) is 9.59 Å². The van der Waals surface area contributed by atoms with E-state index in [1.54, 1.807) is 19.2 Å². The number of carboxylic acids is 1. The fraction of sp³-hybridized carbons (Fsp3) is 0.429. The maximum atomic E-state index is 12.3. The molecule has 1 saturated carbocycles. The highest BCUT2D eigenvalue weighted by Crippen LogP contribution is 2.27. The number of hydrogen-bond donors (Lipinski definition) is 1. The second kappa shape index (κ2) is 6.13. The first-order valence-corrected chi connectivity index (χ1v) is 6.83. The molecule has 1 aliphatic rings. The molecule has 1 aromatic carbocycles. The van der Waals surface area contributed by atoms with Crippen LogP contribution in [0, 0.1) is 0 Å². The lowest BCUT2D eigenvalue weighted by Crippen LogP contribution is -2.44. The summed E-state index contributed by atoms with van der Waals surface area (Å²) in [6.45, 7) is 0.188. The van der Waals surface area contributed by atoms with Gasteiger partial charge >= 0.3 is 12.0 Å². The van der Waals surface area contributed by atoms with E-state index in [0.717, 1.165) is 18.4 Å². The van der Waals surface area contributed by atoms with Crippen molar-refractivity contribution in [1.29, 1.82) is 0 Å². The maximum Gasteiger partial charge on any atom is 0.323 e. The van der Waals surface area contributed by atoms with Gasteiger partial charge in [0.15, 0.2) is 0 Å². The minimum atomic E-state index is -0.981. The normalized spacial score (nSPS) is 13.9. The summed E-state index contributed by atoms with van der Waals surface area (Å²) < 4.78 is 0. The Morgan fingerprint density at radius 1 is 1.30 bits per heavy atom. The first-order valence-electron chi connectivity index (χ1n) is 6.45. The Bertz CT molecular complexity index is 500. The molecule has 108 valence electrons. The molecule has 0 atom stereocenters. The SMILES string of the molecule is CN(Cc1ccc(Cl)cc1)C(=O)N(CC(=O)O)C1CC1. The Morgan fingerprint density at radius 2 is 1.90 bits per heavy atom. The number of carbonyl (C=O) groups excluding carboxylic acids is 1. The minimum absolute atomic E-state index is 0.0752. The molecule has 5 nitrogen and oxygen atoms in total. The molecule has 2 rings (SSSR count). The molecule has 0 unspecified atom stereocenters. The molecule has 0 aromatic heterocycles. The number of hydrogen-bond acceptors (Lipinski definition) is 2. The van der Waals surface area contributed by atoms with Crippen molar-refractivity contribution in [2.24, 2.45) is 0 Å². The van der Waals surface area contributed by atoms with Crippen LogP contribution in [0.5, 0.6) is 0 Å². The minimum Gasteiger partial charge on any atom is -0.480 e. The van der Waals surface area contributed by atoms with Crippen molar-refractivity contribution in [2.75, 3.05) is 13.6 Å². The van der Waals surface area contributed by atoms with Crippen molar-refractivity contribution < 1.29 is 14.7 Å². The summed E-state index contributed by atoms with van der Waals surface area (Å²) in [5, 5.41) is 9.53. The van der Waals surface area contributed by atoms with Gasteiger partial charge in [-0.25, -0.2) is 4.79 Å². The van der Waals surface area contributed by atoms with Crippen LogP contribution in [-0.4, -0.2) is 46.5 Å². The lowest BCUT2D eigenvalue weighted by atomic mass is 10.2. The average molecular weight is 297 g/mol. The summed E-state index contributed by atoms with van der Waals surface area (Å²) >= 11 is 5.81. The van der Waals surface area contributed by atoms with Gasteiger partial charge in [0.25, 0.3) is 0 Å². The van der Waals surface area contributed by atoms with E-state index in [0.29, 0.717) is 11.6 Å². The zero-order valence-electron chi connectivity index (χ0n) is 11.3. The first-order chi connectivity index (χ1) is 9.47. The van der Waals surface area contributed by atoms with E-state index in [4.69, 9.17) is 16.7 Å². The van der Waals surface area contributed by atoms with E-state index in [2.05, 4.69) is 0 Å².